The average Bonchev–Trinajstić information content (AvgIpc) is 2.37. The van der Waals surface area contributed by atoms with Crippen molar-refractivity contribution in [1.29, 1.82) is 0 Å². The van der Waals surface area contributed by atoms with Gasteiger partial charge < -0.3 is 4.90 Å². The zero-order valence-electron chi connectivity index (χ0n) is 9.71. The van der Waals surface area contributed by atoms with Crippen LogP contribution in [0.3, 0.4) is 0 Å². The fraction of sp³-hybridized carbons (Fsp3) is 0.667. The molecule has 3 aliphatic heterocycles. The van der Waals surface area contributed by atoms with Gasteiger partial charge >= 0.3 is 0 Å². The van der Waals surface area contributed by atoms with Gasteiger partial charge in [0, 0.05) is 37.6 Å². The Bertz CT molecular complexity index is 341. The van der Waals surface area contributed by atoms with Crippen LogP contribution in [0.15, 0.2) is 18.5 Å². The second-order valence-electron chi connectivity index (χ2n) is 4.73. The standard InChI is InChI=1S/C12H18N4/c1-2-15-7-10-6-11(8-15)16(10)9-12-13-4-3-5-14-12/h3-5,10-11H,2,6-9H2,1H3. The lowest BCUT2D eigenvalue weighted by molar-refractivity contribution is -0.0745. The summed E-state index contributed by atoms with van der Waals surface area (Å²) in [6.07, 6.45) is 5.02. The van der Waals surface area contributed by atoms with Gasteiger partial charge in [0.15, 0.2) is 0 Å². The summed E-state index contributed by atoms with van der Waals surface area (Å²) >= 11 is 0. The van der Waals surface area contributed by atoms with E-state index < -0.39 is 0 Å². The zero-order chi connectivity index (χ0) is 11.0. The van der Waals surface area contributed by atoms with Crippen LogP contribution in [0.2, 0.25) is 0 Å². The Morgan fingerprint density at radius 1 is 1.25 bits per heavy atom. The lowest BCUT2D eigenvalue weighted by atomic mass is 9.87. The molecule has 3 fully saturated rings. The number of hydrogen-bond acceptors (Lipinski definition) is 4. The third-order valence-corrected chi connectivity index (χ3v) is 3.81. The van der Waals surface area contributed by atoms with Gasteiger partial charge in [-0.2, -0.15) is 0 Å². The SMILES string of the molecule is CCN1CC2CC(C1)N2Cc1ncccn1. The van der Waals surface area contributed by atoms with E-state index in [4.69, 9.17) is 0 Å². The van der Waals surface area contributed by atoms with E-state index in [1.807, 2.05) is 18.5 Å². The van der Waals surface area contributed by atoms with E-state index in [9.17, 15) is 0 Å². The van der Waals surface area contributed by atoms with Crippen LogP contribution in [0.4, 0.5) is 0 Å². The first-order chi connectivity index (χ1) is 7.86. The highest BCUT2D eigenvalue weighted by atomic mass is 15.4. The third kappa shape index (κ3) is 1.72. The van der Waals surface area contributed by atoms with Crippen LogP contribution in [0.5, 0.6) is 0 Å². The molecule has 0 N–H and O–H groups in total. The van der Waals surface area contributed by atoms with Gasteiger partial charge in [0.2, 0.25) is 0 Å². The van der Waals surface area contributed by atoms with Crippen LogP contribution in [0.25, 0.3) is 0 Å². The number of piperidine rings is 1. The van der Waals surface area contributed by atoms with E-state index in [0.29, 0.717) is 0 Å². The number of piperazine rings is 1. The van der Waals surface area contributed by atoms with Gasteiger partial charge in [0.05, 0.1) is 6.54 Å². The van der Waals surface area contributed by atoms with Gasteiger partial charge in [0.25, 0.3) is 0 Å². The first-order valence-electron chi connectivity index (χ1n) is 6.11. The molecule has 4 heterocycles. The van der Waals surface area contributed by atoms with E-state index in [-0.39, 0.29) is 0 Å². The molecule has 0 saturated carbocycles. The van der Waals surface area contributed by atoms with Crippen molar-refractivity contribution in [3.8, 4) is 0 Å². The quantitative estimate of drug-likeness (QED) is 0.749. The van der Waals surface area contributed by atoms with E-state index >= 15 is 0 Å². The Morgan fingerprint density at radius 3 is 2.56 bits per heavy atom. The molecule has 1 aromatic rings. The molecular weight excluding hydrogens is 200 g/mol. The van der Waals surface area contributed by atoms with Crippen LogP contribution in [0.1, 0.15) is 19.2 Å². The smallest absolute Gasteiger partial charge is 0.142 e. The largest absolute Gasteiger partial charge is 0.301 e. The maximum Gasteiger partial charge on any atom is 0.142 e. The molecule has 0 spiro atoms. The Morgan fingerprint density at radius 2 is 1.94 bits per heavy atom. The fourth-order valence-electron chi connectivity index (χ4n) is 2.87. The molecule has 4 heteroatoms. The molecule has 3 saturated heterocycles. The number of fused-ring (bicyclic) bond motifs is 2. The average molecular weight is 218 g/mol. The van der Waals surface area contributed by atoms with Crippen molar-refractivity contribution in [2.75, 3.05) is 19.6 Å². The van der Waals surface area contributed by atoms with E-state index in [0.717, 1.165) is 24.5 Å². The second kappa shape index (κ2) is 4.11. The van der Waals surface area contributed by atoms with E-state index in [2.05, 4.69) is 26.7 Å². The normalized spacial score (nSPS) is 30.1. The van der Waals surface area contributed by atoms with Crippen molar-refractivity contribution in [1.82, 2.24) is 19.8 Å². The number of rotatable bonds is 3. The summed E-state index contributed by atoms with van der Waals surface area (Å²) in [5, 5.41) is 0. The summed E-state index contributed by atoms with van der Waals surface area (Å²) in [7, 11) is 0. The highest BCUT2D eigenvalue weighted by Crippen LogP contribution is 2.32. The lowest BCUT2D eigenvalue weighted by Crippen LogP contribution is -2.68. The Labute approximate surface area is 96.3 Å². The van der Waals surface area contributed by atoms with Gasteiger partial charge in [-0.3, -0.25) is 4.90 Å². The summed E-state index contributed by atoms with van der Waals surface area (Å²) < 4.78 is 0. The molecule has 2 unspecified atom stereocenters. The van der Waals surface area contributed by atoms with Crippen molar-refractivity contribution in [2.24, 2.45) is 0 Å². The van der Waals surface area contributed by atoms with Gasteiger partial charge in [-0.1, -0.05) is 6.92 Å². The van der Waals surface area contributed by atoms with Gasteiger partial charge in [-0.15, -0.1) is 0 Å². The predicted octanol–water partition coefficient (Wildman–Crippen LogP) is 0.755. The minimum Gasteiger partial charge on any atom is -0.301 e. The maximum absolute atomic E-state index is 4.30. The summed E-state index contributed by atoms with van der Waals surface area (Å²) in [5.74, 6) is 0.960. The second-order valence-corrected chi connectivity index (χ2v) is 4.73. The van der Waals surface area contributed by atoms with Crippen molar-refractivity contribution < 1.29 is 0 Å². The minimum absolute atomic E-state index is 0.738. The van der Waals surface area contributed by atoms with Crippen LogP contribution in [-0.4, -0.2) is 51.5 Å². The molecular formula is C12H18N4. The first-order valence-corrected chi connectivity index (χ1v) is 6.11. The molecule has 0 radical (unpaired) electrons. The van der Waals surface area contributed by atoms with E-state index in [1.165, 1.54) is 26.1 Å². The predicted molar refractivity (Wildman–Crippen MR) is 61.9 cm³/mol. The molecule has 4 nitrogen and oxygen atoms in total. The van der Waals surface area contributed by atoms with Crippen LogP contribution < -0.4 is 0 Å². The molecule has 4 rings (SSSR count). The highest BCUT2D eigenvalue weighted by molar-refractivity contribution is 5.02. The number of hydrogen-bond donors (Lipinski definition) is 0. The molecule has 0 amide bonds. The molecule has 86 valence electrons. The summed E-state index contributed by atoms with van der Waals surface area (Å²) in [6.45, 7) is 6.80. The molecule has 16 heavy (non-hydrogen) atoms. The molecule has 3 aliphatic rings. The van der Waals surface area contributed by atoms with Crippen LogP contribution >= 0.6 is 0 Å². The van der Waals surface area contributed by atoms with Crippen molar-refractivity contribution in [2.45, 2.75) is 32.0 Å². The van der Waals surface area contributed by atoms with Crippen LogP contribution in [0, 0.1) is 0 Å². The van der Waals surface area contributed by atoms with Crippen molar-refractivity contribution in [3.05, 3.63) is 24.3 Å². The summed E-state index contributed by atoms with van der Waals surface area (Å²) in [4.78, 5) is 13.7. The topological polar surface area (TPSA) is 32.3 Å². The molecule has 2 atom stereocenters. The van der Waals surface area contributed by atoms with Crippen LogP contribution in [-0.2, 0) is 6.54 Å². The molecule has 2 bridgehead atoms. The molecule has 0 aliphatic carbocycles. The number of aromatic nitrogens is 2. The fourth-order valence-corrected chi connectivity index (χ4v) is 2.87. The highest BCUT2D eigenvalue weighted by Gasteiger charge is 2.43. The van der Waals surface area contributed by atoms with Gasteiger partial charge in [-0.25, -0.2) is 9.97 Å². The monoisotopic (exact) mass is 218 g/mol. The third-order valence-electron chi connectivity index (χ3n) is 3.81. The Balaban J connectivity index is 1.63. The van der Waals surface area contributed by atoms with Crippen molar-refractivity contribution >= 4 is 0 Å². The lowest BCUT2D eigenvalue weighted by Gasteiger charge is -2.56. The molecule has 0 aromatic carbocycles. The Kier molecular flexibility index (Phi) is 2.61. The van der Waals surface area contributed by atoms with Gasteiger partial charge in [-0.05, 0) is 19.0 Å². The maximum atomic E-state index is 4.30. The molecule has 1 aromatic heterocycles. The Hall–Kier alpha value is -1.00. The van der Waals surface area contributed by atoms with Crippen molar-refractivity contribution in [3.63, 3.8) is 0 Å². The van der Waals surface area contributed by atoms with E-state index in [1.54, 1.807) is 0 Å². The van der Waals surface area contributed by atoms with Gasteiger partial charge in [0.1, 0.15) is 5.82 Å². The number of likely N-dealkylation sites (N-methyl/N-ethyl adjacent to an activating group) is 1. The summed E-state index contributed by atoms with van der Waals surface area (Å²) in [6, 6.07) is 3.35. The summed E-state index contributed by atoms with van der Waals surface area (Å²) in [5.41, 5.74) is 0. The number of nitrogens with zero attached hydrogens (tertiary/aromatic N) is 4. The zero-order valence-corrected chi connectivity index (χ0v) is 9.71. The minimum atomic E-state index is 0.738. The first kappa shape index (κ1) is 10.2.